The molecule has 0 bridgehead atoms. The number of fused-ring (bicyclic) bond motifs is 1. The van der Waals surface area contributed by atoms with E-state index >= 15 is 0 Å². The molecule has 15 heavy (non-hydrogen) atoms. The minimum Gasteiger partial charge on any atom is -0.342 e. The highest BCUT2D eigenvalue weighted by atomic mass is 16.2. The molecule has 82 valence electrons. The molecule has 4 heteroatoms. The Balaban J connectivity index is 2.12. The number of carbonyl (C=O) groups is 1. The van der Waals surface area contributed by atoms with Crippen LogP contribution in [0.15, 0.2) is 17.6 Å². The molecule has 0 N–H and O–H groups in total. The molecule has 1 saturated heterocycles. The van der Waals surface area contributed by atoms with Crippen LogP contribution in [0.3, 0.4) is 0 Å². The molecule has 0 atom stereocenters. The normalized spacial score (nSPS) is 20.7. The molecule has 2 heterocycles. The van der Waals surface area contributed by atoms with Gasteiger partial charge in [0.25, 0.3) is 0 Å². The van der Waals surface area contributed by atoms with Gasteiger partial charge in [-0.1, -0.05) is 6.08 Å². The maximum atomic E-state index is 11.8. The van der Waals surface area contributed by atoms with Crippen molar-refractivity contribution in [2.75, 3.05) is 26.2 Å². The van der Waals surface area contributed by atoms with Gasteiger partial charge in [0.05, 0.1) is 0 Å². The summed E-state index contributed by atoms with van der Waals surface area (Å²) < 4.78 is 0. The first-order valence-electron chi connectivity index (χ1n) is 5.53. The molecule has 0 saturated carbocycles. The van der Waals surface area contributed by atoms with E-state index < -0.39 is 0 Å². The number of hydrogen-bond donors (Lipinski definition) is 0. The van der Waals surface area contributed by atoms with E-state index in [4.69, 9.17) is 0 Å². The molecular formula is C11H17N3O. The fraction of sp³-hybridized carbons (Fsp3) is 0.636. The molecule has 2 rings (SSSR count). The molecule has 0 spiro atoms. The van der Waals surface area contributed by atoms with Crippen molar-refractivity contribution in [3.8, 4) is 0 Å². The molecular weight excluding hydrogens is 190 g/mol. The highest BCUT2D eigenvalue weighted by Crippen LogP contribution is 2.14. The lowest BCUT2D eigenvalue weighted by Gasteiger charge is -2.39. The molecule has 1 amide bonds. The van der Waals surface area contributed by atoms with Crippen molar-refractivity contribution in [3.63, 3.8) is 0 Å². The summed E-state index contributed by atoms with van der Waals surface area (Å²) in [6.07, 6.45) is 4.21. The van der Waals surface area contributed by atoms with E-state index in [2.05, 4.69) is 16.5 Å². The van der Waals surface area contributed by atoms with Crippen LogP contribution in [0.5, 0.6) is 0 Å². The second-order valence-corrected chi connectivity index (χ2v) is 3.91. The minimum atomic E-state index is 0.121. The Bertz CT molecular complexity index is 298. The van der Waals surface area contributed by atoms with E-state index in [1.54, 1.807) is 6.08 Å². The van der Waals surface area contributed by atoms with Gasteiger partial charge in [-0.15, -0.1) is 6.58 Å². The highest BCUT2D eigenvalue weighted by Gasteiger charge is 2.28. The molecule has 0 aromatic carbocycles. The highest BCUT2D eigenvalue weighted by molar-refractivity contribution is 5.98. The summed E-state index contributed by atoms with van der Waals surface area (Å²) in [6, 6.07) is 0. The summed E-state index contributed by atoms with van der Waals surface area (Å²) in [4.78, 5) is 20.3. The molecule has 2 aliphatic rings. The lowest BCUT2D eigenvalue weighted by atomic mass is 10.2. The van der Waals surface area contributed by atoms with Gasteiger partial charge < -0.3 is 4.90 Å². The molecule has 2 aliphatic heterocycles. The molecule has 0 aromatic heterocycles. The SMILES string of the molecule is C=CCC(=O)N1CCCN2CCCN=C21. The Kier molecular flexibility index (Phi) is 3.04. The van der Waals surface area contributed by atoms with Gasteiger partial charge in [-0.3, -0.25) is 14.7 Å². The van der Waals surface area contributed by atoms with E-state index in [0.29, 0.717) is 6.42 Å². The molecule has 0 unspecified atom stereocenters. The third-order valence-electron chi connectivity index (χ3n) is 2.79. The smallest absolute Gasteiger partial charge is 0.233 e. The molecule has 0 aromatic rings. The van der Waals surface area contributed by atoms with Crippen LogP contribution < -0.4 is 0 Å². The van der Waals surface area contributed by atoms with Crippen molar-refractivity contribution in [1.29, 1.82) is 0 Å². The van der Waals surface area contributed by atoms with Crippen molar-refractivity contribution in [3.05, 3.63) is 12.7 Å². The van der Waals surface area contributed by atoms with E-state index in [9.17, 15) is 4.79 Å². The first kappa shape index (κ1) is 10.2. The summed E-state index contributed by atoms with van der Waals surface area (Å²) in [5.74, 6) is 1.01. The van der Waals surface area contributed by atoms with E-state index in [1.165, 1.54) is 0 Å². The zero-order chi connectivity index (χ0) is 10.7. The van der Waals surface area contributed by atoms with Crippen LogP contribution in [0.25, 0.3) is 0 Å². The number of nitrogens with zero attached hydrogens (tertiary/aromatic N) is 3. The van der Waals surface area contributed by atoms with Crippen LogP contribution in [-0.2, 0) is 4.79 Å². The van der Waals surface area contributed by atoms with Crippen LogP contribution >= 0.6 is 0 Å². The quantitative estimate of drug-likeness (QED) is 0.629. The van der Waals surface area contributed by atoms with Gasteiger partial charge in [0, 0.05) is 32.6 Å². The third kappa shape index (κ3) is 2.03. The Hall–Kier alpha value is -1.32. The van der Waals surface area contributed by atoms with Crippen molar-refractivity contribution < 1.29 is 4.79 Å². The Labute approximate surface area is 90.3 Å². The van der Waals surface area contributed by atoms with Crippen molar-refractivity contribution in [1.82, 2.24) is 9.80 Å². The number of amides is 1. The molecule has 0 radical (unpaired) electrons. The minimum absolute atomic E-state index is 0.121. The molecule has 0 aliphatic carbocycles. The topological polar surface area (TPSA) is 35.9 Å². The van der Waals surface area contributed by atoms with Crippen LogP contribution in [0.2, 0.25) is 0 Å². The lowest BCUT2D eigenvalue weighted by molar-refractivity contribution is -0.127. The summed E-state index contributed by atoms with van der Waals surface area (Å²) >= 11 is 0. The third-order valence-corrected chi connectivity index (χ3v) is 2.79. The van der Waals surface area contributed by atoms with Crippen LogP contribution in [0.4, 0.5) is 0 Å². The van der Waals surface area contributed by atoms with Crippen LogP contribution in [0.1, 0.15) is 19.3 Å². The number of carbonyl (C=O) groups excluding carboxylic acids is 1. The van der Waals surface area contributed by atoms with Crippen LogP contribution in [-0.4, -0.2) is 47.8 Å². The monoisotopic (exact) mass is 207 g/mol. The van der Waals surface area contributed by atoms with Gasteiger partial charge in [-0.2, -0.15) is 0 Å². The Morgan fingerprint density at radius 2 is 2.20 bits per heavy atom. The first-order valence-corrected chi connectivity index (χ1v) is 5.53. The fourth-order valence-electron chi connectivity index (χ4n) is 2.10. The van der Waals surface area contributed by atoms with E-state index in [0.717, 1.165) is 45.0 Å². The standard InChI is InChI=1S/C11H17N3O/c1-2-5-10(15)14-9-4-8-13-7-3-6-12-11(13)14/h2H,1,3-9H2. The van der Waals surface area contributed by atoms with E-state index in [1.807, 2.05) is 4.90 Å². The lowest BCUT2D eigenvalue weighted by Crippen LogP contribution is -2.54. The predicted molar refractivity (Wildman–Crippen MR) is 59.6 cm³/mol. The van der Waals surface area contributed by atoms with Gasteiger partial charge in [-0.25, -0.2) is 0 Å². The number of hydrogen-bond acceptors (Lipinski definition) is 3. The Morgan fingerprint density at radius 3 is 3.00 bits per heavy atom. The summed E-state index contributed by atoms with van der Waals surface area (Å²) in [7, 11) is 0. The van der Waals surface area contributed by atoms with Gasteiger partial charge in [0.15, 0.2) is 0 Å². The van der Waals surface area contributed by atoms with Crippen LogP contribution in [0, 0.1) is 0 Å². The fourth-order valence-corrected chi connectivity index (χ4v) is 2.10. The zero-order valence-electron chi connectivity index (χ0n) is 8.98. The van der Waals surface area contributed by atoms with Crippen molar-refractivity contribution in [2.45, 2.75) is 19.3 Å². The largest absolute Gasteiger partial charge is 0.342 e. The maximum absolute atomic E-state index is 11.8. The number of aliphatic imine (C=N–C) groups is 1. The van der Waals surface area contributed by atoms with Gasteiger partial charge in [0.2, 0.25) is 11.9 Å². The molecule has 4 nitrogen and oxygen atoms in total. The van der Waals surface area contributed by atoms with Crippen molar-refractivity contribution in [2.24, 2.45) is 4.99 Å². The zero-order valence-corrected chi connectivity index (χ0v) is 8.98. The summed E-state index contributed by atoms with van der Waals surface area (Å²) in [5.41, 5.74) is 0. The first-order chi connectivity index (χ1) is 7.33. The summed E-state index contributed by atoms with van der Waals surface area (Å²) in [5, 5.41) is 0. The second kappa shape index (κ2) is 4.47. The van der Waals surface area contributed by atoms with E-state index in [-0.39, 0.29) is 5.91 Å². The van der Waals surface area contributed by atoms with Gasteiger partial charge in [0.1, 0.15) is 0 Å². The van der Waals surface area contributed by atoms with Gasteiger partial charge in [-0.05, 0) is 12.8 Å². The average molecular weight is 207 g/mol. The Morgan fingerprint density at radius 1 is 1.40 bits per heavy atom. The second-order valence-electron chi connectivity index (χ2n) is 3.91. The maximum Gasteiger partial charge on any atom is 0.233 e. The number of rotatable bonds is 2. The predicted octanol–water partition coefficient (Wildman–Crippen LogP) is 0.857. The van der Waals surface area contributed by atoms with Gasteiger partial charge >= 0.3 is 0 Å². The van der Waals surface area contributed by atoms with Crippen molar-refractivity contribution >= 4 is 11.9 Å². The molecule has 1 fully saturated rings. The summed E-state index contributed by atoms with van der Waals surface area (Å²) in [6.45, 7) is 7.33. The average Bonchev–Trinajstić information content (AvgIpc) is 2.28. The number of guanidine groups is 1.